The predicted molar refractivity (Wildman–Crippen MR) is 97.9 cm³/mol. The zero-order valence-electron chi connectivity index (χ0n) is 15.2. The smallest absolute Gasteiger partial charge is 0.310 e. The molecule has 0 unspecified atom stereocenters. The number of nitrogens with zero attached hydrogens (tertiary/aromatic N) is 1. The fourth-order valence-electron chi connectivity index (χ4n) is 5.60. The Morgan fingerprint density at radius 3 is 2.74 bits per heavy atom. The van der Waals surface area contributed by atoms with E-state index in [1.54, 1.807) is 24.3 Å². The number of fused-ring (bicyclic) bond motifs is 1. The average Bonchev–Trinajstić information content (AvgIpc) is 3.31. The first kappa shape index (κ1) is 16.8. The van der Waals surface area contributed by atoms with Gasteiger partial charge in [0.15, 0.2) is 0 Å². The molecule has 2 amide bonds. The van der Waals surface area contributed by atoms with Crippen LogP contribution in [0.5, 0.6) is 0 Å². The molecular formula is C21H24N2O4. The van der Waals surface area contributed by atoms with Crippen molar-refractivity contribution >= 4 is 23.5 Å². The normalized spacial score (nSPS) is 33.9. The maximum atomic E-state index is 12.9. The van der Waals surface area contributed by atoms with Crippen molar-refractivity contribution in [3.63, 3.8) is 0 Å². The zero-order valence-corrected chi connectivity index (χ0v) is 15.2. The molecule has 1 aromatic rings. The van der Waals surface area contributed by atoms with Gasteiger partial charge in [-0.1, -0.05) is 6.07 Å². The first-order valence-corrected chi connectivity index (χ1v) is 10.0. The van der Waals surface area contributed by atoms with Crippen LogP contribution in [0.15, 0.2) is 24.3 Å². The molecule has 5 atom stereocenters. The number of rotatable bonds is 3. The maximum absolute atomic E-state index is 12.9. The summed E-state index contributed by atoms with van der Waals surface area (Å²) in [5.74, 6) is -0.450. The second-order valence-electron chi connectivity index (χ2n) is 8.35. The molecule has 2 aliphatic heterocycles. The van der Waals surface area contributed by atoms with Crippen molar-refractivity contribution in [3.8, 4) is 0 Å². The molecule has 2 saturated heterocycles. The Kier molecular flexibility index (Phi) is 3.95. The number of amides is 2. The van der Waals surface area contributed by atoms with Crippen LogP contribution >= 0.6 is 0 Å². The van der Waals surface area contributed by atoms with Gasteiger partial charge in [0.2, 0.25) is 5.91 Å². The van der Waals surface area contributed by atoms with Crippen molar-refractivity contribution in [2.24, 2.45) is 23.7 Å². The Morgan fingerprint density at radius 1 is 1.11 bits per heavy atom. The molecule has 142 valence electrons. The zero-order chi connectivity index (χ0) is 18.5. The Bertz CT molecular complexity index is 799. The number of benzene rings is 1. The molecule has 2 bridgehead atoms. The van der Waals surface area contributed by atoms with Crippen LogP contribution in [0, 0.1) is 23.7 Å². The summed E-state index contributed by atoms with van der Waals surface area (Å²) < 4.78 is 5.42. The molecule has 0 aromatic heterocycles. The van der Waals surface area contributed by atoms with Gasteiger partial charge in [-0.2, -0.15) is 0 Å². The lowest BCUT2D eigenvalue weighted by Gasteiger charge is -2.27. The lowest BCUT2D eigenvalue weighted by atomic mass is 9.79. The van der Waals surface area contributed by atoms with Crippen molar-refractivity contribution in [1.29, 1.82) is 0 Å². The third-order valence-corrected chi connectivity index (χ3v) is 6.81. The number of carbonyl (C=O) groups excluding carboxylic acids is 3. The molecule has 4 fully saturated rings. The van der Waals surface area contributed by atoms with Gasteiger partial charge in [0, 0.05) is 30.3 Å². The largest absolute Gasteiger partial charge is 0.462 e. The number of ether oxygens (including phenoxy) is 1. The molecule has 2 saturated carbocycles. The molecule has 0 radical (unpaired) electrons. The number of likely N-dealkylation sites (tertiary alicyclic amines) is 1. The molecule has 1 aromatic carbocycles. The fraction of sp³-hybridized carbons (Fsp3) is 0.571. The lowest BCUT2D eigenvalue weighted by molar-refractivity contribution is -0.145. The summed E-state index contributed by atoms with van der Waals surface area (Å²) in [5.41, 5.74) is 1.22. The second-order valence-corrected chi connectivity index (χ2v) is 8.35. The Balaban J connectivity index is 1.30. The van der Waals surface area contributed by atoms with Gasteiger partial charge in [-0.25, -0.2) is 0 Å². The van der Waals surface area contributed by atoms with Crippen LogP contribution in [0.25, 0.3) is 0 Å². The topological polar surface area (TPSA) is 75.7 Å². The summed E-state index contributed by atoms with van der Waals surface area (Å²) in [6, 6.07) is 7.14. The van der Waals surface area contributed by atoms with Gasteiger partial charge in [-0.15, -0.1) is 0 Å². The molecule has 2 heterocycles. The van der Waals surface area contributed by atoms with Crippen LogP contribution in [0.3, 0.4) is 0 Å². The summed E-state index contributed by atoms with van der Waals surface area (Å²) in [5, 5.41) is 2.95. The van der Waals surface area contributed by atoms with Gasteiger partial charge in [0.1, 0.15) is 6.10 Å². The second kappa shape index (κ2) is 6.36. The average molecular weight is 368 g/mol. The monoisotopic (exact) mass is 368 g/mol. The van der Waals surface area contributed by atoms with Crippen molar-refractivity contribution in [1.82, 2.24) is 4.90 Å². The van der Waals surface area contributed by atoms with Crippen LogP contribution < -0.4 is 5.32 Å². The Hall–Kier alpha value is -2.37. The van der Waals surface area contributed by atoms with Crippen molar-refractivity contribution < 1.29 is 19.1 Å². The highest BCUT2D eigenvalue weighted by Gasteiger charge is 2.63. The van der Waals surface area contributed by atoms with E-state index in [4.69, 9.17) is 4.74 Å². The van der Waals surface area contributed by atoms with E-state index in [-0.39, 0.29) is 47.6 Å². The van der Waals surface area contributed by atoms with Crippen molar-refractivity contribution in [2.45, 2.75) is 38.2 Å². The number of nitrogens with one attached hydrogen (secondary N) is 1. The van der Waals surface area contributed by atoms with Gasteiger partial charge in [0.25, 0.3) is 5.91 Å². The van der Waals surface area contributed by atoms with E-state index in [9.17, 15) is 14.4 Å². The van der Waals surface area contributed by atoms with Crippen LogP contribution in [-0.4, -0.2) is 41.9 Å². The Labute approximate surface area is 158 Å². The SMILES string of the molecule is O=C(Nc1cccc(C(=O)N2CCCCC2)c1)[C@@H]1[C@@H]2C[C@H]3[C@@H]1C(=O)O[C@@H]3C2. The molecule has 4 aliphatic rings. The van der Waals surface area contributed by atoms with Gasteiger partial charge in [0.05, 0.1) is 11.8 Å². The van der Waals surface area contributed by atoms with Crippen LogP contribution in [0.1, 0.15) is 42.5 Å². The van der Waals surface area contributed by atoms with E-state index >= 15 is 0 Å². The number of carbonyl (C=O) groups is 3. The minimum atomic E-state index is -0.303. The summed E-state index contributed by atoms with van der Waals surface area (Å²) in [4.78, 5) is 39.6. The van der Waals surface area contributed by atoms with E-state index < -0.39 is 0 Å². The van der Waals surface area contributed by atoms with E-state index in [2.05, 4.69) is 5.32 Å². The third-order valence-electron chi connectivity index (χ3n) is 6.81. The van der Waals surface area contributed by atoms with E-state index in [1.807, 2.05) is 4.90 Å². The summed E-state index contributed by atoms with van der Waals surface area (Å²) in [7, 11) is 0. The highest BCUT2D eigenvalue weighted by molar-refractivity contribution is 5.99. The minimum Gasteiger partial charge on any atom is -0.462 e. The molecule has 6 nitrogen and oxygen atoms in total. The maximum Gasteiger partial charge on any atom is 0.310 e. The summed E-state index contributed by atoms with van der Waals surface area (Å²) in [6.45, 7) is 1.59. The molecule has 2 aliphatic carbocycles. The summed E-state index contributed by atoms with van der Waals surface area (Å²) >= 11 is 0. The first-order chi connectivity index (χ1) is 13.1. The number of esters is 1. The number of anilines is 1. The first-order valence-electron chi connectivity index (χ1n) is 10.0. The number of hydrogen-bond donors (Lipinski definition) is 1. The number of piperidine rings is 1. The quantitative estimate of drug-likeness (QED) is 0.832. The minimum absolute atomic E-state index is 0.0212. The molecule has 1 N–H and O–H groups in total. The van der Waals surface area contributed by atoms with Gasteiger partial charge in [-0.3, -0.25) is 14.4 Å². The van der Waals surface area contributed by atoms with Gasteiger partial charge >= 0.3 is 5.97 Å². The van der Waals surface area contributed by atoms with Crippen LogP contribution in [-0.2, 0) is 14.3 Å². The highest BCUT2D eigenvalue weighted by Crippen LogP contribution is 2.57. The van der Waals surface area contributed by atoms with Crippen molar-refractivity contribution in [3.05, 3.63) is 29.8 Å². The predicted octanol–water partition coefficient (Wildman–Crippen LogP) is 2.45. The molecular weight excluding hydrogens is 344 g/mol. The molecule has 5 rings (SSSR count). The van der Waals surface area contributed by atoms with Gasteiger partial charge in [-0.05, 0) is 56.2 Å². The molecule has 6 heteroatoms. The van der Waals surface area contributed by atoms with Crippen LogP contribution in [0.2, 0.25) is 0 Å². The van der Waals surface area contributed by atoms with Gasteiger partial charge < -0.3 is 15.0 Å². The fourth-order valence-corrected chi connectivity index (χ4v) is 5.60. The van der Waals surface area contributed by atoms with Crippen molar-refractivity contribution in [2.75, 3.05) is 18.4 Å². The standard InChI is InChI=1S/C21H24N2O4/c24-19(17-13-10-15-16(11-13)27-21(26)18(15)17)22-14-6-4-5-12(9-14)20(25)23-7-2-1-3-8-23/h4-6,9,13,15-18H,1-3,7-8,10-11H2,(H,22,24)/t13-,15-,16-,17-,18+/m1/s1. The number of hydrogen-bond acceptors (Lipinski definition) is 4. The highest BCUT2D eigenvalue weighted by atomic mass is 16.6. The van der Waals surface area contributed by atoms with E-state index in [0.717, 1.165) is 38.8 Å². The Morgan fingerprint density at radius 2 is 1.93 bits per heavy atom. The van der Waals surface area contributed by atoms with E-state index in [0.29, 0.717) is 11.3 Å². The summed E-state index contributed by atoms with van der Waals surface area (Å²) in [6.07, 6.45) is 5.01. The third kappa shape index (κ3) is 2.73. The molecule has 27 heavy (non-hydrogen) atoms. The molecule has 0 spiro atoms. The lowest BCUT2D eigenvalue weighted by Crippen LogP contribution is -2.36. The van der Waals surface area contributed by atoms with E-state index in [1.165, 1.54) is 6.42 Å². The van der Waals surface area contributed by atoms with Crippen LogP contribution in [0.4, 0.5) is 5.69 Å².